The summed E-state index contributed by atoms with van der Waals surface area (Å²) >= 11 is 0. The number of rotatable bonds is 5. The number of nitrogens with two attached hydrogens (primary N) is 1. The molecule has 0 fully saturated rings. The van der Waals surface area contributed by atoms with Crippen LogP contribution in [0.5, 0.6) is 5.75 Å². The summed E-state index contributed by atoms with van der Waals surface area (Å²) in [7, 11) is 0. The number of imidazole rings is 1. The van der Waals surface area contributed by atoms with Crippen LogP contribution in [-0.2, 0) is 6.54 Å². The van der Waals surface area contributed by atoms with Crippen LogP contribution < -0.4 is 10.5 Å². The minimum absolute atomic E-state index is 0.693. The number of hydrogen-bond acceptors (Lipinski definition) is 3. The Balaban J connectivity index is 1.58. The van der Waals surface area contributed by atoms with Crippen LogP contribution in [0, 0.1) is 0 Å². The standard InChI is InChI=1S/C16H17N3O/c17-13-7-8-16-15(11-13)18-12-19(16)9-4-10-20-14-5-2-1-3-6-14/h1-3,5-8,11-12H,4,9-10,17H2. The highest BCUT2D eigenvalue weighted by Crippen LogP contribution is 2.16. The molecule has 1 aromatic heterocycles. The van der Waals surface area contributed by atoms with Gasteiger partial charge < -0.3 is 15.0 Å². The Labute approximate surface area is 117 Å². The first-order valence-corrected chi connectivity index (χ1v) is 6.71. The Morgan fingerprint density at radius 2 is 1.95 bits per heavy atom. The van der Waals surface area contributed by atoms with Crippen molar-refractivity contribution in [1.29, 1.82) is 0 Å². The van der Waals surface area contributed by atoms with Crippen molar-refractivity contribution in [2.45, 2.75) is 13.0 Å². The van der Waals surface area contributed by atoms with Gasteiger partial charge in [0.25, 0.3) is 0 Å². The first kappa shape index (κ1) is 12.5. The van der Waals surface area contributed by atoms with E-state index in [-0.39, 0.29) is 0 Å². The summed E-state index contributed by atoms with van der Waals surface area (Å²) in [4.78, 5) is 4.36. The first-order chi connectivity index (χ1) is 9.83. The van der Waals surface area contributed by atoms with Crippen molar-refractivity contribution in [3.8, 4) is 5.75 Å². The number of aryl methyl sites for hydroxylation is 1. The zero-order valence-corrected chi connectivity index (χ0v) is 11.2. The molecule has 0 saturated heterocycles. The molecule has 4 heteroatoms. The normalized spacial score (nSPS) is 10.8. The second kappa shape index (κ2) is 5.65. The van der Waals surface area contributed by atoms with E-state index in [0.29, 0.717) is 6.61 Å². The smallest absolute Gasteiger partial charge is 0.119 e. The lowest BCUT2D eigenvalue weighted by atomic mass is 10.3. The number of ether oxygens (including phenoxy) is 1. The van der Waals surface area contributed by atoms with Gasteiger partial charge in [0.05, 0.1) is 24.0 Å². The predicted molar refractivity (Wildman–Crippen MR) is 80.7 cm³/mol. The molecule has 0 spiro atoms. The second-order valence-corrected chi connectivity index (χ2v) is 4.70. The van der Waals surface area contributed by atoms with E-state index in [1.54, 1.807) is 0 Å². The van der Waals surface area contributed by atoms with Crippen molar-refractivity contribution < 1.29 is 4.74 Å². The summed E-state index contributed by atoms with van der Waals surface area (Å²) in [5, 5.41) is 0. The van der Waals surface area contributed by atoms with Gasteiger partial charge >= 0.3 is 0 Å². The molecule has 0 aliphatic carbocycles. The molecule has 0 aliphatic rings. The highest BCUT2D eigenvalue weighted by atomic mass is 16.5. The van der Waals surface area contributed by atoms with Gasteiger partial charge in [0, 0.05) is 12.2 Å². The van der Waals surface area contributed by atoms with Crippen LogP contribution in [0.15, 0.2) is 54.9 Å². The van der Waals surface area contributed by atoms with Crippen molar-refractivity contribution in [2.75, 3.05) is 12.3 Å². The molecule has 1 heterocycles. The van der Waals surface area contributed by atoms with E-state index in [4.69, 9.17) is 10.5 Å². The number of nitrogen functional groups attached to an aromatic ring is 1. The number of fused-ring (bicyclic) bond motifs is 1. The summed E-state index contributed by atoms with van der Waals surface area (Å²) in [6, 6.07) is 15.7. The van der Waals surface area contributed by atoms with Crippen molar-refractivity contribution in [2.24, 2.45) is 0 Å². The molecule has 2 aromatic carbocycles. The van der Waals surface area contributed by atoms with Gasteiger partial charge in [0.15, 0.2) is 0 Å². The van der Waals surface area contributed by atoms with Gasteiger partial charge in [0.2, 0.25) is 0 Å². The maximum atomic E-state index is 5.75. The molecule has 0 atom stereocenters. The Hall–Kier alpha value is -2.49. The Bertz CT molecular complexity index is 691. The largest absolute Gasteiger partial charge is 0.494 e. The van der Waals surface area contributed by atoms with E-state index in [1.165, 1.54) is 0 Å². The van der Waals surface area contributed by atoms with Gasteiger partial charge in [-0.25, -0.2) is 4.98 Å². The van der Waals surface area contributed by atoms with E-state index in [2.05, 4.69) is 9.55 Å². The van der Waals surface area contributed by atoms with Gasteiger partial charge in [-0.15, -0.1) is 0 Å². The summed E-state index contributed by atoms with van der Waals surface area (Å²) in [6.07, 6.45) is 2.79. The minimum Gasteiger partial charge on any atom is -0.494 e. The van der Waals surface area contributed by atoms with Crippen LogP contribution in [0.25, 0.3) is 11.0 Å². The van der Waals surface area contributed by atoms with E-state index in [9.17, 15) is 0 Å². The molecule has 2 N–H and O–H groups in total. The minimum atomic E-state index is 0.693. The van der Waals surface area contributed by atoms with Gasteiger partial charge in [0.1, 0.15) is 5.75 Å². The number of benzene rings is 2. The number of para-hydroxylation sites is 1. The van der Waals surface area contributed by atoms with Crippen molar-refractivity contribution in [3.05, 3.63) is 54.9 Å². The fourth-order valence-corrected chi connectivity index (χ4v) is 2.20. The summed E-state index contributed by atoms with van der Waals surface area (Å²) < 4.78 is 7.81. The van der Waals surface area contributed by atoms with Gasteiger partial charge in [-0.2, -0.15) is 0 Å². The average Bonchev–Trinajstić information content (AvgIpc) is 2.87. The molecular formula is C16H17N3O. The number of anilines is 1. The van der Waals surface area contributed by atoms with Crippen LogP contribution in [-0.4, -0.2) is 16.2 Å². The highest BCUT2D eigenvalue weighted by molar-refractivity contribution is 5.78. The zero-order valence-electron chi connectivity index (χ0n) is 11.2. The van der Waals surface area contributed by atoms with Crippen LogP contribution in [0.4, 0.5) is 5.69 Å². The summed E-state index contributed by atoms with van der Waals surface area (Å²) in [5.74, 6) is 0.913. The molecule has 3 rings (SSSR count). The van der Waals surface area contributed by atoms with Crippen LogP contribution >= 0.6 is 0 Å². The third-order valence-corrected chi connectivity index (χ3v) is 3.20. The quantitative estimate of drug-likeness (QED) is 0.571. The SMILES string of the molecule is Nc1ccc2c(c1)ncn2CCCOc1ccccc1. The predicted octanol–water partition coefficient (Wildman–Crippen LogP) is 3.09. The molecule has 0 saturated carbocycles. The van der Waals surface area contributed by atoms with Crippen molar-refractivity contribution >= 4 is 16.7 Å². The van der Waals surface area contributed by atoms with Gasteiger partial charge in [-0.1, -0.05) is 18.2 Å². The van der Waals surface area contributed by atoms with Crippen molar-refractivity contribution in [3.63, 3.8) is 0 Å². The fourth-order valence-electron chi connectivity index (χ4n) is 2.20. The van der Waals surface area contributed by atoms with Gasteiger partial charge in [-0.3, -0.25) is 0 Å². The second-order valence-electron chi connectivity index (χ2n) is 4.70. The highest BCUT2D eigenvalue weighted by Gasteiger charge is 2.02. The molecule has 0 aliphatic heterocycles. The molecule has 0 unspecified atom stereocenters. The van der Waals surface area contributed by atoms with Crippen LogP contribution in [0.3, 0.4) is 0 Å². The molecule has 3 aromatic rings. The third kappa shape index (κ3) is 2.74. The first-order valence-electron chi connectivity index (χ1n) is 6.71. The number of nitrogens with zero attached hydrogens (tertiary/aromatic N) is 2. The summed E-state index contributed by atoms with van der Waals surface area (Å²) in [5.41, 5.74) is 8.54. The zero-order chi connectivity index (χ0) is 13.8. The molecule has 20 heavy (non-hydrogen) atoms. The Morgan fingerprint density at radius 1 is 1.10 bits per heavy atom. The third-order valence-electron chi connectivity index (χ3n) is 3.20. The van der Waals surface area contributed by atoms with E-state index in [0.717, 1.165) is 35.4 Å². The molecule has 0 bridgehead atoms. The van der Waals surface area contributed by atoms with Gasteiger partial charge in [-0.05, 0) is 36.8 Å². The molecule has 0 radical (unpaired) electrons. The maximum absolute atomic E-state index is 5.75. The fraction of sp³-hybridized carbons (Fsp3) is 0.188. The molecule has 4 nitrogen and oxygen atoms in total. The van der Waals surface area contributed by atoms with Crippen molar-refractivity contribution in [1.82, 2.24) is 9.55 Å². The number of aromatic nitrogens is 2. The lowest BCUT2D eigenvalue weighted by Crippen LogP contribution is -2.03. The topological polar surface area (TPSA) is 53.1 Å². The van der Waals surface area contributed by atoms with E-state index < -0.39 is 0 Å². The van der Waals surface area contributed by atoms with E-state index in [1.807, 2.05) is 54.9 Å². The lowest BCUT2D eigenvalue weighted by molar-refractivity contribution is 0.302. The number of hydrogen-bond donors (Lipinski definition) is 1. The lowest BCUT2D eigenvalue weighted by Gasteiger charge is -2.07. The maximum Gasteiger partial charge on any atom is 0.119 e. The summed E-state index contributed by atoms with van der Waals surface area (Å²) in [6.45, 7) is 1.58. The van der Waals surface area contributed by atoms with Crippen LogP contribution in [0.1, 0.15) is 6.42 Å². The Kier molecular flexibility index (Phi) is 3.54. The monoisotopic (exact) mass is 267 g/mol. The van der Waals surface area contributed by atoms with E-state index >= 15 is 0 Å². The Morgan fingerprint density at radius 3 is 2.80 bits per heavy atom. The molecule has 102 valence electrons. The van der Waals surface area contributed by atoms with Crippen LogP contribution in [0.2, 0.25) is 0 Å². The molecular weight excluding hydrogens is 250 g/mol. The average molecular weight is 267 g/mol. The molecule has 0 amide bonds.